The minimum atomic E-state index is 0.670. The van der Waals surface area contributed by atoms with E-state index in [1.807, 2.05) is 42.7 Å². The number of fused-ring (bicyclic) bond motifs is 1. The van der Waals surface area contributed by atoms with Crippen molar-refractivity contribution in [2.24, 2.45) is 5.92 Å². The Kier molecular flexibility index (Phi) is 3.56. The van der Waals surface area contributed by atoms with Gasteiger partial charge in [0.2, 0.25) is 0 Å². The largest absolute Gasteiger partial charge is 0.317 e. The highest BCUT2D eigenvalue weighted by atomic mass is 15.1. The first-order chi connectivity index (χ1) is 10.9. The number of nitrogens with one attached hydrogen (secondary N) is 1. The van der Waals surface area contributed by atoms with Crippen LogP contribution in [0.15, 0.2) is 42.7 Å². The van der Waals surface area contributed by atoms with E-state index in [1.54, 1.807) is 0 Å². The van der Waals surface area contributed by atoms with Crippen LogP contribution in [0.4, 0.5) is 0 Å². The highest BCUT2D eigenvalue weighted by Gasteiger charge is 2.19. The smallest absolute Gasteiger partial charge is 0.161 e. The fourth-order valence-corrected chi connectivity index (χ4v) is 3.14. The third kappa shape index (κ3) is 2.48. The predicted octanol–water partition coefficient (Wildman–Crippen LogP) is 2.49. The van der Waals surface area contributed by atoms with E-state index in [0.29, 0.717) is 5.92 Å². The van der Waals surface area contributed by atoms with Crippen LogP contribution in [-0.2, 0) is 6.54 Å². The standard InChI is InChI=1S/C17H19N5/c1-2-8-19-14(4-1)17-21-15-5-3-9-20-16(15)22(17)12-13-6-10-18-11-7-13/h1-5,8-9,13,18H,6-7,10-12H2. The maximum atomic E-state index is 4.77. The molecular weight excluding hydrogens is 274 g/mol. The third-order valence-electron chi connectivity index (χ3n) is 4.30. The lowest BCUT2D eigenvalue weighted by molar-refractivity contribution is 0.337. The normalized spacial score (nSPS) is 16.2. The van der Waals surface area contributed by atoms with E-state index >= 15 is 0 Å². The minimum Gasteiger partial charge on any atom is -0.317 e. The number of rotatable bonds is 3. The molecule has 1 fully saturated rings. The SMILES string of the molecule is c1ccc(-c2nc3cccnc3n2CC2CCNCC2)nc1. The molecule has 5 nitrogen and oxygen atoms in total. The number of pyridine rings is 2. The summed E-state index contributed by atoms with van der Waals surface area (Å²) in [6, 6.07) is 9.91. The van der Waals surface area contributed by atoms with E-state index in [-0.39, 0.29) is 0 Å². The van der Waals surface area contributed by atoms with Gasteiger partial charge in [0.1, 0.15) is 11.2 Å². The molecule has 0 aliphatic carbocycles. The number of nitrogens with zero attached hydrogens (tertiary/aromatic N) is 4. The summed E-state index contributed by atoms with van der Waals surface area (Å²) in [5, 5.41) is 3.42. The molecular formula is C17H19N5. The molecule has 0 aromatic carbocycles. The van der Waals surface area contributed by atoms with Crippen molar-refractivity contribution < 1.29 is 0 Å². The van der Waals surface area contributed by atoms with Crippen molar-refractivity contribution in [1.29, 1.82) is 0 Å². The van der Waals surface area contributed by atoms with Gasteiger partial charge in [0.15, 0.2) is 11.5 Å². The van der Waals surface area contributed by atoms with Gasteiger partial charge in [0, 0.05) is 18.9 Å². The van der Waals surface area contributed by atoms with Gasteiger partial charge in [-0.05, 0) is 56.1 Å². The Labute approximate surface area is 129 Å². The van der Waals surface area contributed by atoms with Crippen molar-refractivity contribution in [1.82, 2.24) is 24.8 Å². The summed E-state index contributed by atoms with van der Waals surface area (Å²) in [7, 11) is 0. The van der Waals surface area contributed by atoms with E-state index in [4.69, 9.17) is 4.98 Å². The van der Waals surface area contributed by atoms with Crippen LogP contribution in [-0.4, -0.2) is 32.6 Å². The van der Waals surface area contributed by atoms with Crippen LogP contribution in [0.5, 0.6) is 0 Å². The van der Waals surface area contributed by atoms with E-state index in [9.17, 15) is 0 Å². The molecule has 4 heterocycles. The summed E-state index contributed by atoms with van der Waals surface area (Å²) in [6.07, 6.45) is 6.06. The zero-order valence-corrected chi connectivity index (χ0v) is 12.4. The van der Waals surface area contributed by atoms with Crippen LogP contribution in [0.2, 0.25) is 0 Å². The van der Waals surface area contributed by atoms with Gasteiger partial charge in [0.25, 0.3) is 0 Å². The first kappa shape index (κ1) is 13.4. The van der Waals surface area contributed by atoms with Crippen molar-refractivity contribution in [2.45, 2.75) is 19.4 Å². The number of imidazole rings is 1. The van der Waals surface area contributed by atoms with Crippen molar-refractivity contribution >= 4 is 11.2 Å². The van der Waals surface area contributed by atoms with Gasteiger partial charge >= 0.3 is 0 Å². The Morgan fingerprint density at radius 1 is 1.05 bits per heavy atom. The van der Waals surface area contributed by atoms with Gasteiger partial charge in [-0.15, -0.1) is 0 Å². The molecule has 0 unspecified atom stereocenters. The molecule has 1 aliphatic rings. The summed E-state index contributed by atoms with van der Waals surface area (Å²) < 4.78 is 2.24. The lowest BCUT2D eigenvalue weighted by Gasteiger charge is -2.23. The number of hydrogen-bond donors (Lipinski definition) is 1. The first-order valence-corrected chi connectivity index (χ1v) is 7.85. The van der Waals surface area contributed by atoms with E-state index in [2.05, 4.69) is 19.9 Å². The van der Waals surface area contributed by atoms with Crippen molar-refractivity contribution in [2.75, 3.05) is 13.1 Å². The van der Waals surface area contributed by atoms with Crippen LogP contribution in [0.25, 0.3) is 22.7 Å². The molecule has 1 saturated heterocycles. The second-order valence-electron chi connectivity index (χ2n) is 5.80. The molecule has 112 valence electrons. The number of aromatic nitrogens is 4. The molecule has 22 heavy (non-hydrogen) atoms. The molecule has 0 spiro atoms. The third-order valence-corrected chi connectivity index (χ3v) is 4.30. The van der Waals surface area contributed by atoms with Gasteiger partial charge in [-0.2, -0.15) is 0 Å². The van der Waals surface area contributed by atoms with Gasteiger partial charge in [-0.3, -0.25) is 4.98 Å². The Bertz CT molecular complexity index is 759. The highest BCUT2D eigenvalue weighted by molar-refractivity contribution is 5.76. The topological polar surface area (TPSA) is 55.6 Å². The van der Waals surface area contributed by atoms with E-state index < -0.39 is 0 Å². The quantitative estimate of drug-likeness (QED) is 0.806. The molecule has 5 heteroatoms. The van der Waals surface area contributed by atoms with Crippen LogP contribution in [0.1, 0.15) is 12.8 Å². The second-order valence-corrected chi connectivity index (χ2v) is 5.80. The zero-order valence-electron chi connectivity index (χ0n) is 12.4. The molecule has 0 atom stereocenters. The van der Waals surface area contributed by atoms with Crippen molar-refractivity contribution in [3.05, 3.63) is 42.7 Å². The van der Waals surface area contributed by atoms with Crippen molar-refractivity contribution in [3.8, 4) is 11.5 Å². The molecule has 3 aromatic rings. The van der Waals surface area contributed by atoms with Gasteiger partial charge in [-0.25, -0.2) is 9.97 Å². The maximum Gasteiger partial charge on any atom is 0.161 e. The van der Waals surface area contributed by atoms with Crippen LogP contribution < -0.4 is 5.32 Å². The number of hydrogen-bond acceptors (Lipinski definition) is 4. The van der Waals surface area contributed by atoms with Gasteiger partial charge in [-0.1, -0.05) is 6.07 Å². The number of piperidine rings is 1. The Morgan fingerprint density at radius 2 is 1.91 bits per heavy atom. The average Bonchev–Trinajstić information content (AvgIpc) is 2.95. The summed E-state index contributed by atoms with van der Waals surface area (Å²) in [5.41, 5.74) is 2.81. The fraction of sp³-hybridized carbons (Fsp3) is 0.353. The van der Waals surface area contributed by atoms with Crippen LogP contribution >= 0.6 is 0 Å². The Balaban J connectivity index is 1.79. The molecule has 1 aliphatic heterocycles. The van der Waals surface area contributed by atoms with Crippen LogP contribution in [0, 0.1) is 5.92 Å². The lowest BCUT2D eigenvalue weighted by Crippen LogP contribution is -2.30. The van der Waals surface area contributed by atoms with Gasteiger partial charge in [0.05, 0.1) is 0 Å². The Morgan fingerprint density at radius 3 is 2.73 bits per heavy atom. The molecule has 0 amide bonds. The van der Waals surface area contributed by atoms with Crippen LogP contribution in [0.3, 0.4) is 0 Å². The molecule has 4 rings (SSSR count). The summed E-state index contributed by atoms with van der Waals surface area (Å²) in [4.78, 5) is 13.8. The summed E-state index contributed by atoms with van der Waals surface area (Å²) in [6.45, 7) is 3.16. The van der Waals surface area contributed by atoms with E-state index in [0.717, 1.165) is 42.3 Å². The minimum absolute atomic E-state index is 0.670. The second kappa shape index (κ2) is 5.85. The molecule has 0 radical (unpaired) electrons. The lowest BCUT2D eigenvalue weighted by atomic mass is 9.98. The van der Waals surface area contributed by atoms with E-state index in [1.165, 1.54) is 12.8 Å². The monoisotopic (exact) mass is 293 g/mol. The summed E-state index contributed by atoms with van der Waals surface area (Å²) >= 11 is 0. The highest BCUT2D eigenvalue weighted by Crippen LogP contribution is 2.25. The van der Waals surface area contributed by atoms with Gasteiger partial charge < -0.3 is 9.88 Å². The predicted molar refractivity (Wildman–Crippen MR) is 86.4 cm³/mol. The molecule has 3 aromatic heterocycles. The molecule has 0 bridgehead atoms. The first-order valence-electron chi connectivity index (χ1n) is 7.85. The average molecular weight is 293 g/mol. The molecule has 0 saturated carbocycles. The summed E-state index contributed by atoms with van der Waals surface area (Å²) in [5.74, 6) is 1.59. The zero-order chi connectivity index (χ0) is 14.8. The Hall–Kier alpha value is -2.27. The fourth-order valence-electron chi connectivity index (χ4n) is 3.14. The molecule has 1 N–H and O–H groups in total. The maximum absolute atomic E-state index is 4.77. The van der Waals surface area contributed by atoms with Crippen molar-refractivity contribution in [3.63, 3.8) is 0 Å².